The van der Waals surface area contributed by atoms with Gasteiger partial charge >= 0.3 is 0 Å². The average Bonchev–Trinajstić information content (AvgIpc) is 3.29. The molecule has 0 atom stereocenters. The first kappa shape index (κ1) is 22.4. The van der Waals surface area contributed by atoms with Crippen LogP contribution in [0.3, 0.4) is 0 Å². The van der Waals surface area contributed by atoms with Gasteiger partial charge in [-0.25, -0.2) is 4.98 Å². The second kappa shape index (κ2) is 11.2. The molecule has 0 radical (unpaired) electrons. The fourth-order valence-electron chi connectivity index (χ4n) is 3.93. The third-order valence-electron chi connectivity index (χ3n) is 6.05. The number of amides is 1. The van der Waals surface area contributed by atoms with E-state index in [-0.39, 0.29) is 5.91 Å². The van der Waals surface area contributed by atoms with Crippen LogP contribution < -0.4 is 5.32 Å². The zero-order valence-electron chi connectivity index (χ0n) is 18.4. The molecule has 4 rings (SSSR count). The first-order valence-corrected chi connectivity index (χ1v) is 12.1. The van der Waals surface area contributed by atoms with Gasteiger partial charge in [0.2, 0.25) is 0 Å². The number of morpholine rings is 1. The van der Waals surface area contributed by atoms with Gasteiger partial charge in [-0.3, -0.25) is 14.6 Å². The lowest BCUT2D eigenvalue weighted by Crippen LogP contribution is -2.46. The van der Waals surface area contributed by atoms with Crippen molar-refractivity contribution in [2.45, 2.75) is 6.42 Å². The van der Waals surface area contributed by atoms with Crippen LogP contribution in [0.5, 0.6) is 0 Å². The first-order valence-electron chi connectivity index (χ1n) is 11.2. The third kappa shape index (κ3) is 6.57. The number of likely N-dealkylation sites (N-methyl/N-ethyl adjacent to an activating group) is 1. The Balaban J connectivity index is 1.23. The number of benzene rings is 1. The highest BCUT2D eigenvalue weighted by Crippen LogP contribution is 2.23. The molecule has 2 aliphatic heterocycles. The summed E-state index contributed by atoms with van der Waals surface area (Å²) in [6, 6.07) is 7.78. The Morgan fingerprint density at radius 1 is 1.03 bits per heavy atom. The molecule has 0 spiro atoms. The summed E-state index contributed by atoms with van der Waals surface area (Å²) >= 11 is 1.71. The van der Waals surface area contributed by atoms with Crippen LogP contribution in [0.2, 0.25) is 0 Å². The molecule has 31 heavy (non-hydrogen) atoms. The summed E-state index contributed by atoms with van der Waals surface area (Å²) in [4.78, 5) is 24.4. The predicted octanol–water partition coefficient (Wildman–Crippen LogP) is 1.66. The van der Waals surface area contributed by atoms with Gasteiger partial charge in [0.1, 0.15) is 0 Å². The van der Waals surface area contributed by atoms with E-state index in [4.69, 9.17) is 9.72 Å². The van der Waals surface area contributed by atoms with E-state index in [2.05, 4.69) is 32.4 Å². The Labute approximate surface area is 189 Å². The number of hydrogen-bond donors (Lipinski definition) is 1. The third-order valence-corrected chi connectivity index (χ3v) is 6.96. The number of hydrogen-bond acceptors (Lipinski definition) is 7. The standard InChI is InChI=1S/C23H33N5O2S/c1-26-10-12-28(13-11-26)9-7-24-23(29)20-4-2-19(3-5-20)21-18-31-22(25-21)6-8-27-14-16-30-17-15-27/h2-5,18H,6-17H2,1H3,(H,24,29). The highest BCUT2D eigenvalue weighted by molar-refractivity contribution is 7.09. The van der Waals surface area contributed by atoms with Crippen LogP contribution in [-0.2, 0) is 11.2 Å². The van der Waals surface area contributed by atoms with Gasteiger partial charge in [0.25, 0.3) is 5.91 Å². The Hall–Kier alpha value is -1.84. The van der Waals surface area contributed by atoms with E-state index in [9.17, 15) is 4.79 Å². The molecular formula is C23H33N5O2S. The van der Waals surface area contributed by atoms with Crippen LogP contribution in [0.4, 0.5) is 0 Å². The molecule has 1 aromatic heterocycles. The zero-order valence-corrected chi connectivity index (χ0v) is 19.2. The van der Waals surface area contributed by atoms with E-state index >= 15 is 0 Å². The fraction of sp³-hybridized carbons (Fsp3) is 0.565. The number of nitrogens with one attached hydrogen (secondary N) is 1. The molecular weight excluding hydrogens is 410 g/mol. The van der Waals surface area contributed by atoms with Gasteiger partial charge in [0.15, 0.2) is 0 Å². The Morgan fingerprint density at radius 2 is 1.74 bits per heavy atom. The number of piperazine rings is 1. The number of rotatable bonds is 8. The highest BCUT2D eigenvalue weighted by Gasteiger charge is 2.14. The van der Waals surface area contributed by atoms with E-state index in [1.165, 1.54) is 0 Å². The second-order valence-electron chi connectivity index (χ2n) is 8.31. The van der Waals surface area contributed by atoms with E-state index < -0.39 is 0 Å². The summed E-state index contributed by atoms with van der Waals surface area (Å²) in [7, 11) is 2.15. The normalized spacial score (nSPS) is 18.9. The van der Waals surface area contributed by atoms with E-state index in [0.29, 0.717) is 12.1 Å². The van der Waals surface area contributed by atoms with Gasteiger partial charge in [-0.1, -0.05) is 12.1 Å². The van der Waals surface area contributed by atoms with Crippen molar-refractivity contribution in [1.29, 1.82) is 0 Å². The van der Waals surface area contributed by atoms with E-state index in [1.807, 2.05) is 24.3 Å². The molecule has 0 aliphatic carbocycles. The van der Waals surface area contributed by atoms with Crippen molar-refractivity contribution in [1.82, 2.24) is 25.0 Å². The summed E-state index contributed by atoms with van der Waals surface area (Å²) in [5, 5.41) is 6.32. The van der Waals surface area contributed by atoms with Crippen molar-refractivity contribution in [3.8, 4) is 11.3 Å². The van der Waals surface area contributed by atoms with E-state index in [0.717, 1.165) is 88.3 Å². The van der Waals surface area contributed by atoms with Crippen LogP contribution in [0.25, 0.3) is 11.3 Å². The fourth-order valence-corrected chi connectivity index (χ4v) is 4.73. The Kier molecular flexibility index (Phi) is 8.04. The minimum Gasteiger partial charge on any atom is -0.379 e. The smallest absolute Gasteiger partial charge is 0.251 e. The lowest BCUT2D eigenvalue weighted by Gasteiger charge is -2.32. The quantitative estimate of drug-likeness (QED) is 0.670. The van der Waals surface area contributed by atoms with Gasteiger partial charge in [-0.2, -0.15) is 0 Å². The maximum Gasteiger partial charge on any atom is 0.251 e. The molecule has 0 saturated carbocycles. The Bertz CT molecular complexity index is 827. The molecule has 7 nitrogen and oxygen atoms in total. The number of nitrogens with zero attached hydrogens (tertiary/aromatic N) is 4. The molecule has 1 amide bonds. The Morgan fingerprint density at radius 3 is 2.48 bits per heavy atom. The zero-order chi connectivity index (χ0) is 21.5. The topological polar surface area (TPSA) is 60.9 Å². The van der Waals surface area contributed by atoms with Crippen LogP contribution in [0.15, 0.2) is 29.6 Å². The summed E-state index contributed by atoms with van der Waals surface area (Å²) in [5.74, 6) is -0.00912. The van der Waals surface area contributed by atoms with E-state index in [1.54, 1.807) is 11.3 Å². The van der Waals surface area contributed by atoms with Gasteiger partial charge < -0.3 is 15.0 Å². The summed E-state index contributed by atoms with van der Waals surface area (Å²) < 4.78 is 5.41. The molecule has 1 N–H and O–H groups in total. The van der Waals surface area contributed by atoms with Crippen LogP contribution >= 0.6 is 11.3 Å². The number of carbonyl (C=O) groups is 1. The summed E-state index contributed by atoms with van der Waals surface area (Å²) in [6.07, 6.45) is 0.971. The van der Waals surface area contributed by atoms with Crippen molar-refractivity contribution < 1.29 is 9.53 Å². The largest absolute Gasteiger partial charge is 0.379 e. The number of aromatic nitrogens is 1. The van der Waals surface area contributed by atoms with Crippen molar-refractivity contribution in [2.24, 2.45) is 0 Å². The van der Waals surface area contributed by atoms with Crippen molar-refractivity contribution in [3.63, 3.8) is 0 Å². The van der Waals surface area contributed by atoms with Gasteiger partial charge in [-0.05, 0) is 19.2 Å². The first-order chi connectivity index (χ1) is 15.2. The minimum absolute atomic E-state index is 0.00912. The number of thiazole rings is 1. The molecule has 8 heteroatoms. The van der Waals surface area contributed by atoms with Gasteiger partial charge in [0.05, 0.1) is 23.9 Å². The van der Waals surface area contributed by atoms with Gasteiger partial charge in [0, 0.05) is 81.8 Å². The highest BCUT2D eigenvalue weighted by atomic mass is 32.1. The second-order valence-corrected chi connectivity index (χ2v) is 9.25. The van der Waals surface area contributed by atoms with Crippen molar-refractivity contribution >= 4 is 17.2 Å². The molecule has 168 valence electrons. The maximum atomic E-state index is 12.5. The summed E-state index contributed by atoms with van der Waals surface area (Å²) in [6.45, 7) is 10.6. The molecule has 0 unspecified atom stereocenters. The maximum absolute atomic E-state index is 12.5. The molecule has 2 fully saturated rings. The average molecular weight is 444 g/mol. The minimum atomic E-state index is -0.00912. The number of carbonyl (C=O) groups excluding carboxylic acids is 1. The molecule has 2 saturated heterocycles. The molecule has 0 bridgehead atoms. The summed E-state index contributed by atoms with van der Waals surface area (Å²) in [5.41, 5.74) is 2.75. The van der Waals surface area contributed by atoms with Crippen LogP contribution in [0.1, 0.15) is 15.4 Å². The van der Waals surface area contributed by atoms with Crippen LogP contribution in [-0.4, -0.2) is 105 Å². The molecule has 1 aromatic carbocycles. The molecule has 2 aliphatic rings. The van der Waals surface area contributed by atoms with Gasteiger partial charge in [-0.15, -0.1) is 11.3 Å². The SMILES string of the molecule is CN1CCN(CCNC(=O)c2ccc(-c3csc(CCN4CCOCC4)n3)cc2)CC1. The number of ether oxygens (including phenoxy) is 1. The molecule has 3 heterocycles. The monoisotopic (exact) mass is 443 g/mol. The lowest BCUT2D eigenvalue weighted by atomic mass is 10.1. The predicted molar refractivity (Wildman–Crippen MR) is 125 cm³/mol. The van der Waals surface area contributed by atoms with Crippen molar-refractivity contribution in [3.05, 3.63) is 40.2 Å². The lowest BCUT2D eigenvalue weighted by molar-refractivity contribution is 0.0384. The molecule has 2 aromatic rings. The van der Waals surface area contributed by atoms with Crippen LogP contribution in [0, 0.1) is 0 Å². The van der Waals surface area contributed by atoms with Crippen molar-refractivity contribution in [2.75, 3.05) is 79.2 Å².